The highest BCUT2D eigenvalue weighted by molar-refractivity contribution is 5.92. The zero-order valence-corrected chi connectivity index (χ0v) is 28.5. The third-order valence-corrected chi connectivity index (χ3v) is 9.43. The van der Waals surface area contributed by atoms with E-state index in [9.17, 15) is 10.2 Å². The molecule has 0 amide bonds. The zero-order chi connectivity index (χ0) is 34.1. The highest BCUT2D eigenvalue weighted by Gasteiger charge is 2.48. The number of benzene rings is 6. The standard InChI is InChI=1S/C45H42O4/c1-29-21-23-43(48-27-31(3)46)37(25-29)35-15-7-11-19-41(35)45(39-17-9-5-13-33(39)34-14-6-10-18-40(34)45)42-20-12-8-16-36(42)38-26-30(2)22-24-44(38)49-28-32(4)47/h5-26,31-32,46-47H,27-28H2,1-4H3. The van der Waals surface area contributed by atoms with Gasteiger partial charge in [0.05, 0.1) is 17.6 Å². The van der Waals surface area contributed by atoms with E-state index < -0.39 is 17.6 Å². The molecule has 0 fully saturated rings. The molecule has 0 saturated heterocycles. The Balaban J connectivity index is 1.59. The van der Waals surface area contributed by atoms with Gasteiger partial charge in [0.1, 0.15) is 24.7 Å². The lowest BCUT2D eigenvalue weighted by molar-refractivity contribution is 0.123. The molecule has 0 spiro atoms. The first-order valence-corrected chi connectivity index (χ1v) is 17.0. The lowest BCUT2D eigenvalue weighted by Crippen LogP contribution is -2.30. The van der Waals surface area contributed by atoms with E-state index in [1.54, 1.807) is 13.8 Å². The number of aliphatic hydroxyl groups is 2. The van der Waals surface area contributed by atoms with Crippen molar-refractivity contribution in [1.82, 2.24) is 0 Å². The van der Waals surface area contributed by atoms with Crippen molar-refractivity contribution in [3.05, 3.63) is 167 Å². The maximum Gasteiger partial charge on any atom is 0.127 e. The van der Waals surface area contributed by atoms with Gasteiger partial charge >= 0.3 is 0 Å². The Morgan fingerprint density at radius 2 is 0.755 bits per heavy atom. The summed E-state index contributed by atoms with van der Waals surface area (Å²) in [5.74, 6) is 1.46. The molecular formula is C45H42O4. The van der Waals surface area contributed by atoms with Gasteiger partial charge in [-0.25, -0.2) is 0 Å². The Morgan fingerprint density at radius 3 is 1.08 bits per heavy atom. The van der Waals surface area contributed by atoms with Crippen molar-refractivity contribution in [2.24, 2.45) is 0 Å². The maximum absolute atomic E-state index is 10.2. The van der Waals surface area contributed by atoms with E-state index >= 15 is 0 Å². The van der Waals surface area contributed by atoms with Crippen LogP contribution in [-0.2, 0) is 5.41 Å². The molecule has 0 aliphatic heterocycles. The molecule has 1 aliphatic rings. The predicted molar refractivity (Wildman–Crippen MR) is 198 cm³/mol. The fraction of sp³-hybridized carbons (Fsp3) is 0.200. The van der Waals surface area contributed by atoms with Gasteiger partial charge in [-0.2, -0.15) is 0 Å². The average molecular weight is 647 g/mol. The summed E-state index contributed by atoms with van der Waals surface area (Å²) in [5, 5.41) is 20.3. The van der Waals surface area contributed by atoms with Gasteiger partial charge < -0.3 is 19.7 Å². The van der Waals surface area contributed by atoms with E-state index in [1.807, 2.05) is 12.1 Å². The Hall–Kier alpha value is -5.16. The van der Waals surface area contributed by atoms with Crippen LogP contribution in [0.3, 0.4) is 0 Å². The van der Waals surface area contributed by atoms with Crippen LogP contribution in [0.15, 0.2) is 133 Å². The fourth-order valence-electron chi connectivity index (χ4n) is 7.43. The smallest absolute Gasteiger partial charge is 0.127 e. The minimum Gasteiger partial charge on any atom is -0.490 e. The van der Waals surface area contributed by atoms with Crippen LogP contribution in [-0.4, -0.2) is 35.6 Å². The van der Waals surface area contributed by atoms with Crippen LogP contribution in [0.1, 0.15) is 47.2 Å². The second-order valence-corrected chi connectivity index (χ2v) is 13.3. The van der Waals surface area contributed by atoms with Gasteiger partial charge in [0.15, 0.2) is 0 Å². The average Bonchev–Trinajstić information content (AvgIpc) is 3.41. The van der Waals surface area contributed by atoms with Crippen LogP contribution in [0.25, 0.3) is 33.4 Å². The summed E-state index contributed by atoms with van der Waals surface area (Å²) in [6.07, 6.45) is -1.20. The third-order valence-electron chi connectivity index (χ3n) is 9.43. The molecule has 0 radical (unpaired) electrons. The van der Waals surface area contributed by atoms with Crippen molar-refractivity contribution in [3.63, 3.8) is 0 Å². The van der Waals surface area contributed by atoms with Crippen molar-refractivity contribution < 1.29 is 19.7 Å². The summed E-state index contributed by atoms with van der Waals surface area (Å²) >= 11 is 0. The van der Waals surface area contributed by atoms with Gasteiger partial charge in [-0.1, -0.05) is 120 Å². The summed E-state index contributed by atoms with van der Waals surface area (Å²) in [7, 11) is 0. The van der Waals surface area contributed by atoms with Crippen LogP contribution >= 0.6 is 0 Å². The molecule has 0 aromatic heterocycles. The minimum atomic E-state index is -0.725. The molecule has 7 rings (SSSR count). The second-order valence-electron chi connectivity index (χ2n) is 13.3. The Labute approximate surface area is 289 Å². The predicted octanol–water partition coefficient (Wildman–Crippen LogP) is 9.52. The molecule has 4 heteroatoms. The largest absolute Gasteiger partial charge is 0.490 e. The van der Waals surface area contributed by atoms with Gasteiger partial charge in [-0.3, -0.25) is 0 Å². The third kappa shape index (κ3) is 5.82. The van der Waals surface area contributed by atoms with Crippen LogP contribution in [0.2, 0.25) is 0 Å². The monoisotopic (exact) mass is 646 g/mol. The second kappa shape index (κ2) is 13.4. The van der Waals surface area contributed by atoms with E-state index in [0.717, 1.165) is 56.0 Å². The van der Waals surface area contributed by atoms with Gasteiger partial charge in [0, 0.05) is 11.1 Å². The molecule has 6 aromatic rings. The molecule has 2 N–H and O–H groups in total. The lowest BCUT2D eigenvalue weighted by Gasteiger charge is -2.37. The van der Waals surface area contributed by atoms with E-state index in [0.29, 0.717) is 0 Å². The van der Waals surface area contributed by atoms with Gasteiger partial charge in [0.25, 0.3) is 0 Å². The molecule has 49 heavy (non-hydrogen) atoms. The first-order chi connectivity index (χ1) is 23.8. The summed E-state index contributed by atoms with van der Waals surface area (Å²) in [5.41, 5.74) is 12.7. The number of hydrogen-bond donors (Lipinski definition) is 2. The maximum atomic E-state index is 10.2. The number of aliphatic hydroxyl groups excluding tert-OH is 2. The van der Waals surface area contributed by atoms with Crippen molar-refractivity contribution in [2.45, 2.75) is 45.3 Å². The van der Waals surface area contributed by atoms with Crippen molar-refractivity contribution in [1.29, 1.82) is 0 Å². The fourth-order valence-corrected chi connectivity index (χ4v) is 7.43. The zero-order valence-electron chi connectivity index (χ0n) is 28.5. The summed E-state index contributed by atoms with van der Waals surface area (Å²) < 4.78 is 12.6. The van der Waals surface area contributed by atoms with Crippen molar-refractivity contribution >= 4 is 0 Å². The lowest BCUT2D eigenvalue weighted by atomic mass is 9.64. The molecule has 0 bridgehead atoms. The normalized spacial score (nSPS) is 14.1. The van der Waals surface area contributed by atoms with Gasteiger partial charge in [-0.15, -0.1) is 0 Å². The highest BCUT2D eigenvalue weighted by Crippen LogP contribution is 2.59. The number of rotatable bonds is 10. The first-order valence-electron chi connectivity index (χ1n) is 17.0. The SMILES string of the molecule is Cc1ccc(OCC(C)O)c(-c2ccccc2C2(c3ccccc3-c3cc(C)ccc3OCC(C)O)c3ccccc3-c3ccccc32)c1. The molecule has 2 atom stereocenters. The minimum absolute atomic E-state index is 0.195. The van der Waals surface area contributed by atoms with E-state index in [2.05, 4.69) is 135 Å². The first kappa shape index (κ1) is 32.4. The quantitative estimate of drug-likeness (QED) is 0.155. The number of hydrogen-bond acceptors (Lipinski definition) is 4. The summed E-state index contributed by atoms with van der Waals surface area (Å²) in [4.78, 5) is 0. The van der Waals surface area contributed by atoms with Gasteiger partial charge in [0.2, 0.25) is 0 Å². The molecular weight excluding hydrogens is 604 g/mol. The summed E-state index contributed by atoms with van der Waals surface area (Å²) in [6, 6.07) is 47.4. The molecule has 4 nitrogen and oxygen atoms in total. The number of fused-ring (bicyclic) bond motifs is 3. The highest BCUT2D eigenvalue weighted by atomic mass is 16.5. The number of aryl methyl sites for hydroxylation is 2. The van der Waals surface area contributed by atoms with Crippen molar-refractivity contribution in [2.75, 3.05) is 13.2 Å². The van der Waals surface area contributed by atoms with E-state index in [4.69, 9.17) is 9.47 Å². The van der Waals surface area contributed by atoms with E-state index in [1.165, 1.54) is 22.3 Å². The molecule has 1 aliphatic carbocycles. The van der Waals surface area contributed by atoms with Crippen molar-refractivity contribution in [3.8, 4) is 44.9 Å². The van der Waals surface area contributed by atoms with E-state index in [-0.39, 0.29) is 13.2 Å². The molecule has 6 aromatic carbocycles. The van der Waals surface area contributed by atoms with Gasteiger partial charge in [-0.05, 0) is 96.5 Å². The topological polar surface area (TPSA) is 58.9 Å². The Kier molecular flexibility index (Phi) is 8.85. The van der Waals surface area contributed by atoms with Crippen LogP contribution in [0.5, 0.6) is 11.5 Å². The summed E-state index contributed by atoms with van der Waals surface area (Å²) in [6.45, 7) is 8.07. The molecule has 0 heterocycles. The molecule has 0 saturated carbocycles. The van der Waals surface area contributed by atoms with Crippen LogP contribution in [0, 0.1) is 13.8 Å². The molecule has 2 unspecified atom stereocenters. The molecule has 246 valence electrons. The Bertz CT molecular complexity index is 1970. The number of ether oxygens (including phenoxy) is 2. The van der Waals surface area contributed by atoms with Crippen LogP contribution in [0.4, 0.5) is 0 Å². The van der Waals surface area contributed by atoms with Crippen LogP contribution < -0.4 is 9.47 Å². The Morgan fingerprint density at radius 1 is 0.449 bits per heavy atom.